The third kappa shape index (κ3) is 3.99. The molecule has 1 aliphatic heterocycles. The number of hydrogen-bond donors (Lipinski definition) is 0. The van der Waals surface area contributed by atoms with Gasteiger partial charge < -0.3 is 14.5 Å². The van der Waals surface area contributed by atoms with Gasteiger partial charge in [0.1, 0.15) is 12.3 Å². The Labute approximate surface area is 158 Å². The van der Waals surface area contributed by atoms with Gasteiger partial charge in [0.25, 0.3) is 5.91 Å². The zero-order valence-corrected chi connectivity index (χ0v) is 15.6. The van der Waals surface area contributed by atoms with Crippen LogP contribution in [0, 0.1) is 6.92 Å². The average Bonchev–Trinajstić information content (AvgIpc) is 2.63. The quantitative estimate of drug-likeness (QED) is 0.827. The molecule has 0 saturated carbocycles. The van der Waals surface area contributed by atoms with Gasteiger partial charge in [-0.15, -0.1) is 0 Å². The van der Waals surface area contributed by atoms with Gasteiger partial charge in [-0.2, -0.15) is 0 Å². The third-order valence-corrected chi connectivity index (χ3v) is 4.74. The number of anilines is 1. The Hall–Kier alpha value is -2.53. The van der Waals surface area contributed by atoms with Crippen LogP contribution in [0.5, 0.6) is 5.75 Å². The lowest BCUT2D eigenvalue weighted by atomic mass is 10.1. The van der Waals surface area contributed by atoms with Crippen LogP contribution >= 0.6 is 11.6 Å². The van der Waals surface area contributed by atoms with Crippen molar-refractivity contribution in [1.29, 1.82) is 0 Å². The summed E-state index contributed by atoms with van der Waals surface area (Å²) in [5.41, 5.74) is 1.76. The van der Waals surface area contributed by atoms with E-state index in [0.717, 1.165) is 11.3 Å². The van der Waals surface area contributed by atoms with Gasteiger partial charge in [0.05, 0.1) is 0 Å². The minimum atomic E-state index is -0.190. The minimum Gasteiger partial charge on any atom is -0.484 e. The maximum atomic E-state index is 12.5. The number of halogens is 1. The van der Waals surface area contributed by atoms with Crippen molar-refractivity contribution in [2.24, 2.45) is 0 Å². The highest BCUT2D eigenvalue weighted by molar-refractivity contribution is 6.30. The lowest BCUT2D eigenvalue weighted by Gasteiger charge is -2.39. The molecule has 0 spiro atoms. The SMILES string of the molecule is Cc1ccccc1OCC(=O)N1CC(=O)N(c2ccc(Cl)cc2)CC1C. The molecule has 1 aliphatic rings. The molecule has 0 aromatic heterocycles. The van der Waals surface area contributed by atoms with Gasteiger partial charge in [-0.25, -0.2) is 0 Å². The van der Waals surface area contributed by atoms with Gasteiger partial charge in [0.2, 0.25) is 5.91 Å². The van der Waals surface area contributed by atoms with Crippen molar-refractivity contribution < 1.29 is 14.3 Å². The predicted octanol–water partition coefficient (Wildman–Crippen LogP) is 3.29. The summed E-state index contributed by atoms with van der Waals surface area (Å²) in [5, 5.41) is 0.622. The number of piperazine rings is 1. The van der Waals surface area contributed by atoms with E-state index < -0.39 is 0 Å². The summed E-state index contributed by atoms with van der Waals surface area (Å²) in [5.74, 6) is 0.374. The van der Waals surface area contributed by atoms with Crippen LogP contribution in [0.3, 0.4) is 0 Å². The summed E-state index contributed by atoms with van der Waals surface area (Å²) in [4.78, 5) is 28.3. The topological polar surface area (TPSA) is 49.9 Å². The number of benzene rings is 2. The zero-order valence-electron chi connectivity index (χ0n) is 14.8. The maximum absolute atomic E-state index is 12.5. The second-order valence-electron chi connectivity index (χ2n) is 6.41. The molecule has 0 bridgehead atoms. The van der Waals surface area contributed by atoms with E-state index in [-0.39, 0.29) is 31.0 Å². The Balaban J connectivity index is 1.63. The van der Waals surface area contributed by atoms with Crippen LogP contribution in [-0.4, -0.2) is 42.5 Å². The van der Waals surface area contributed by atoms with Gasteiger partial charge in [-0.3, -0.25) is 9.59 Å². The first-order chi connectivity index (χ1) is 12.5. The molecule has 1 saturated heterocycles. The summed E-state index contributed by atoms with van der Waals surface area (Å²) in [7, 11) is 0. The van der Waals surface area contributed by atoms with E-state index in [2.05, 4.69) is 0 Å². The van der Waals surface area contributed by atoms with Gasteiger partial charge >= 0.3 is 0 Å². The molecule has 1 atom stereocenters. The fraction of sp³-hybridized carbons (Fsp3) is 0.300. The fourth-order valence-corrected chi connectivity index (χ4v) is 3.12. The molecular weight excluding hydrogens is 352 g/mol. The van der Waals surface area contributed by atoms with Crippen LogP contribution < -0.4 is 9.64 Å². The fourth-order valence-electron chi connectivity index (χ4n) is 3.00. The van der Waals surface area contributed by atoms with Crippen LogP contribution in [0.4, 0.5) is 5.69 Å². The van der Waals surface area contributed by atoms with E-state index in [9.17, 15) is 9.59 Å². The standard InChI is InChI=1S/C20H21ClN2O3/c1-14-5-3-4-6-18(14)26-13-20(25)22-12-19(24)23(11-15(22)2)17-9-7-16(21)8-10-17/h3-10,15H,11-13H2,1-2H3. The van der Waals surface area contributed by atoms with Crippen molar-refractivity contribution in [3.63, 3.8) is 0 Å². The maximum Gasteiger partial charge on any atom is 0.261 e. The number of amides is 2. The average molecular weight is 373 g/mol. The summed E-state index contributed by atoms with van der Waals surface area (Å²) in [6, 6.07) is 14.6. The van der Waals surface area contributed by atoms with E-state index in [1.165, 1.54) is 0 Å². The molecule has 1 unspecified atom stereocenters. The highest BCUT2D eigenvalue weighted by atomic mass is 35.5. The van der Waals surface area contributed by atoms with Crippen LogP contribution in [0.1, 0.15) is 12.5 Å². The van der Waals surface area contributed by atoms with E-state index >= 15 is 0 Å². The highest BCUT2D eigenvalue weighted by Crippen LogP contribution is 2.23. The molecule has 136 valence electrons. The summed E-state index contributed by atoms with van der Waals surface area (Å²) < 4.78 is 5.63. The molecule has 0 radical (unpaired) electrons. The Morgan fingerprint density at radius 3 is 2.58 bits per heavy atom. The van der Waals surface area contributed by atoms with Crippen molar-refractivity contribution in [2.45, 2.75) is 19.9 Å². The van der Waals surface area contributed by atoms with Gasteiger partial charge in [-0.1, -0.05) is 29.8 Å². The first-order valence-electron chi connectivity index (χ1n) is 8.49. The Morgan fingerprint density at radius 2 is 1.88 bits per heavy atom. The van der Waals surface area contributed by atoms with Crippen LogP contribution in [0.2, 0.25) is 5.02 Å². The van der Waals surface area contributed by atoms with Gasteiger partial charge in [0.15, 0.2) is 6.61 Å². The lowest BCUT2D eigenvalue weighted by Crippen LogP contribution is -2.58. The number of hydrogen-bond acceptors (Lipinski definition) is 3. The van der Waals surface area contributed by atoms with E-state index in [0.29, 0.717) is 17.3 Å². The van der Waals surface area contributed by atoms with Gasteiger partial charge in [-0.05, 0) is 49.7 Å². The number of rotatable bonds is 4. The molecule has 6 heteroatoms. The van der Waals surface area contributed by atoms with Crippen molar-refractivity contribution in [2.75, 3.05) is 24.6 Å². The molecule has 0 N–H and O–H groups in total. The lowest BCUT2D eigenvalue weighted by molar-refractivity contribution is -0.141. The first kappa shape index (κ1) is 18.3. The molecule has 2 amide bonds. The van der Waals surface area contributed by atoms with Crippen molar-refractivity contribution in [3.8, 4) is 5.75 Å². The number of nitrogens with zero attached hydrogens (tertiary/aromatic N) is 2. The summed E-state index contributed by atoms with van der Waals surface area (Å²) in [6.45, 7) is 4.26. The van der Waals surface area contributed by atoms with Crippen molar-refractivity contribution in [1.82, 2.24) is 4.90 Å². The normalized spacial score (nSPS) is 17.3. The Morgan fingerprint density at radius 1 is 1.19 bits per heavy atom. The second kappa shape index (κ2) is 7.79. The Kier molecular flexibility index (Phi) is 5.47. The van der Waals surface area contributed by atoms with Crippen LogP contribution in [-0.2, 0) is 9.59 Å². The molecule has 26 heavy (non-hydrogen) atoms. The highest BCUT2D eigenvalue weighted by Gasteiger charge is 2.33. The number of carbonyl (C=O) groups is 2. The van der Waals surface area contributed by atoms with E-state index in [1.54, 1.807) is 21.9 Å². The molecule has 5 nitrogen and oxygen atoms in total. The number of ether oxygens (including phenoxy) is 1. The predicted molar refractivity (Wildman–Crippen MR) is 102 cm³/mol. The monoisotopic (exact) mass is 372 g/mol. The van der Waals surface area contributed by atoms with Crippen LogP contribution in [0.25, 0.3) is 0 Å². The number of aryl methyl sites for hydroxylation is 1. The van der Waals surface area contributed by atoms with Crippen molar-refractivity contribution >= 4 is 29.1 Å². The minimum absolute atomic E-state index is 0.0414. The van der Waals surface area contributed by atoms with Crippen LogP contribution in [0.15, 0.2) is 48.5 Å². The Bertz CT molecular complexity index is 807. The zero-order chi connectivity index (χ0) is 18.7. The van der Waals surface area contributed by atoms with E-state index in [1.807, 2.05) is 50.2 Å². The first-order valence-corrected chi connectivity index (χ1v) is 8.87. The van der Waals surface area contributed by atoms with E-state index in [4.69, 9.17) is 16.3 Å². The number of para-hydroxylation sites is 1. The largest absolute Gasteiger partial charge is 0.484 e. The smallest absolute Gasteiger partial charge is 0.261 e. The molecule has 3 rings (SSSR count). The molecule has 1 heterocycles. The van der Waals surface area contributed by atoms with Crippen molar-refractivity contribution in [3.05, 3.63) is 59.1 Å². The molecule has 2 aromatic rings. The second-order valence-corrected chi connectivity index (χ2v) is 6.84. The molecule has 0 aliphatic carbocycles. The molecule has 2 aromatic carbocycles. The molecular formula is C20H21ClN2O3. The summed E-state index contributed by atoms with van der Waals surface area (Å²) in [6.07, 6.45) is 0. The number of carbonyl (C=O) groups excluding carboxylic acids is 2. The van der Waals surface area contributed by atoms with Gasteiger partial charge in [0, 0.05) is 23.3 Å². The molecule has 1 fully saturated rings. The summed E-state index contributed by atoms with van der Waals surface area (Å²) >= 11 is 5.91. The third-order valence-electron chi connectivity index (χ3n) is 4.49.